The van der Waals surface area contributed by atoms with E-state index in [2.05, 4.69) is 13.8 Å². The average molecular weight is 847 g/mol. The Bertz CT molecular complexity index is 2230. The highest BCUT2D eigenvalue weighted by Gasteiger charge is 2.17. The second-order valence-electron chi connectivity index (χ2n) is 14.6. The Labute approximate surface area is 362 Å². The number of hydrogen-bond acceptors (Lipinski definition) is 12. The third kappa shape index (κ3) is 15.4. The zero-order valence-electron chi connectivity index (χ0n) is 35.4. The summed E-state index contributed by atoms with van der Waals surface area (Å²) < 4.78 is 38.4. The second-order valence-corrected chi connectivity index (χ2v) is 14.6. The van der Waals surface area contributed by atoms with E-state index >= 15 is 0 Å². The molecule has 0 radical (unpaired) electrons. The molecule has 0 unspecified atom stereocenters. The Kier molecular flexibility index (Phi) is 18.8. The fraction of sp³-hybridized carbons (Fsp3) is 0.340. The molecule has 0 amide bonds. The quantitative estimate of drug-likeness (QED) is 0.0312. The minimum atomic E-state index is -0.859. The van der Waals surface area contributed by atoms with Crippen LogP contribution in [0.15, 0.2) is 119 Å². The first-order valence-corrected chi connectivity index (χ1v) is 21.3. The number of ether oxygens (including phenoxy) is 6. The molecule has 0 aliphatic carbocycles. The van der Waals surface area contributed by atoms with Crippen LogP contribution in [0, 0.1) is 0 Å². The van der Waals surface area contributed by atoms with E-state index in [0.717, 1.165) is 38.0 Å². The summed E-state index contributed by atoms with van der Waals surface area (Å²) in [5, 5.41) is 0. The summed E-state index contributed by atoms with van der Waals surface area (Å²) in [5.74, 6) is -1.12. The fourth-order valence-electron chi connectivity index (χ4n) is 6.14. The Morgan fingerprint density at radius 3 is 1.24 bits per heavy atom. The lowest BCUT2D eigenvalue weighted by molar-refractivity contribution is 0.0442. The molecule has 5 rings (SSSR count). The van der Waals surface area contributed by atoms with E-state index in [-0.39, 0.29) is 40.4 Å². The van der Waals surface area contributed by atoms with Crippen molar-refractivity contribution in [3.8, 4) is 28.7 Å². The van der Waals surface area contributed by atoms with Crippen LogP contribution in [0.2, 0.25) is 0 Å². The molecule has 0 aliphatic heterocycles. The lowest BCUT2D eigenvalue weighted by Gasteiger charge is -2.09. The summed E-state index contributed by atoms with van der Waals surface area (Å²) in [5.41, 5.74) is -0.0423. The standard InChI is InChI=1S/C50H54O12/c1-3-5-7-9-11-13-31-56-40-23-27-42(28-24-40)60-48(53)37-17-15-36(16-18-37)47(52)59-34-44-33-45(51)46(35-58-44)62-50(55)39-21-19-38(20-22-39)49(54)61-43-29-25-41(26-30-43)57-32-14-12-10-8-6-4-2/h15-30,33,35H,3-14,31-32,34H2,1-2H3. The van der Waals surface area contributed by atoms with Crippen LogP contribution in [0.4, 0.5) is 0 Å². The molecule has 5 aromatic rings. The molecule has 0 aliphatic rings. The average Bonchev–Trinajstić information content (AvgIpc) is 3.29. The van der Waals surface area contributed by atoms with Crippen molar-refractivity contribution in [1.29, 1.82) is 0 Å². The first kappa shape index (κ1) is 46.4. The molecule has 12 heteroatoms. The minimum Gasteiger partial charge on any atom is -0.494 e. The monoisotopic (exact) mass is 846 g/mol. The van der Waals surface area contributed by atoms with Gasteiger partial charge in [-0.1, -0.05) is 78.1 Å². The van der Waals surface area contributed by atoms with Crippen molar-refractivity contribution in [2.75, 3.05) is 13.2 Å². The van der Waals surface area contributed by atoms with Crippen molar-refractivity contribution in [3.05, 3.63) is 148 Å². The minimum absolute atomic E-state index is 0.000344. The number of unbranched alkanes of at least 4 members (excludes halogenated alkanes) is 10. The molecular formula is C50H54O12. The van der Waals surface area contributed by atoms with Gasteiger partial charge in [0.2, 0.25) is 11.2 Å². The van der Waals surface area contributed by atoms with Gasteiger partial charge in [-0.3, -0.25) is 4.79 Å². The van der Waals surface area contributed by atoms with Gasteiger partial charge in [-0.05, 0) is 110 Å². The maximum atomic E-state index is 12.8. The van der Waals surface area contributed by atoms with Gasteiger partial charge in [0, 0.05) is 6.07 Å². The summed E-state index contributed by atoms with van der Waals surface area (Å²) in [7, 11) is 0. The normalized spacial score (nSPS) is 10.7. The predicted molar refractivity (Wildman–Crippen MR) is 232 cm³/mol. The molecule has 0 saturated carbocycles. The molecular weight excluding hydrogens is 793 g/mol. The van der Waals surface area contributed by atoms with Crippen LogP contribution in [0.1, 0.15) is 138 Å². The molecule has 0 atom stereocenters. The first-order valence-electron chi connectivity index (χ1n) is 21.3. The van der Waals surface area contributed by atoms with Gasteiger partial charge in [-0.25, -0.2) is 19.2 Å². The number of esters is 4. The van der Waals surface area contributed by atoms with E-state index in [1.165, 1.54) is 99.9 Å². The van der Waals surface area contributed by atoms with E-state index in [4.69, 9.17) is 32.8 Å². The molecule has 62 heavy (non-hydrogen) atoms. The van der Waals surface area contributed by atoms with E-state index in [1.54, 1.807) is 48.5 Å². The highest BCUT2D eigenvalue weighted by atomic mass is 16.6. The number of benzene rings is 4. The van der Waals surface area contributed by atoms with Crippen LogP contribution < -0.4 is 29.1 Å². The third-order valence-electron chi connectivity index (χ3n) is 9.71. The van der Waals surface area contributed by atoms with Crippen molar-refractivity contribution in [2.45, 2.75) is 97.5 Å². The number of carbonyl (C=O) groups excluding carboxylic acids is 4. The summed E-state index contributed by atoms with van der Waals surface area (Å²) in [6, 6.07) is 25.9. The van der Waals surface area contributed by atoms with Gasteiger partial charge in [-0.15, -0.1) is 0 Å². The smallest absolute Gasteiger partial charge is 0.343 e. The van der Waals surface area contributed by atoms with Gasteiger partial charge in [0.05, 0.1) is 35.5 Å². The van der Waals surface area contributed by atoms with Crippen molar-refractivity contribution in [2.24, 2.45) is 0 Å². The highest BCUT2D eigenvalue weighted by molar-refractivity contribution is 5.95. The predicted octanol–water partition coefficient (Wildman–Crippen LogP) is 11.1. The summed E-state index contributed by atoms with van der Waals surface area (Å²) in [6.45, 7) is 5.26. The lowest BCUT2D eigenvalue weighted by atomic mass is 10.1. The van der Waals surface area contributed by atoms with Crippen molar-refractivity contribution in [1.82, 2.24) is 0 Å². The molecule has 326 valence electrons. The fourth-order valence-corrected chi connectivity index (χ4v) is 6.14. The Morgan fingerprint density at radius 1 is 0.452 bits per heavy atom. The molecule has 4 aromatic carbocycles. The topological polar surface area (TPSA) is 154 Å². The zero-order chi connectivity index (χ0) is 43.9. The van der Waals surface area contributed by atoms with E-state index in [1.807, 2.05) is 0 Å². The lowest BCUT2D eigenvalue weighted by Crippen LogP contribution is -2.16. The molecule has 0 N–H and O–H groups in total. The van der Waals surface area contributed by atoms with Crippen LogP contribution in [0.3, 0.4) is 0 Å². The van der Waals surface area contributed by atoms with Crippen LogP contribution >= 0.6 is 0 Å². The first-order chi connectivity index (χ1) is 30.2. The van der Waals surface area contributed by atoms with Crippen molar-refractivity contribution < 1.29 is 52.0 Å². The summed E-state index contributed by atoms with van der Waals surface area (Å²) in [4.78, 5) is 63.6. The van der Waals surface area contributed by atoms with Crippen LogP contribution in [0.25, 0.3) is 0 Å². The maximum Gasteiger partial charge on any atom is 0.343 e. The number of rotatable bonds is 25. The Hall–Kier alpha value is -6.69. The molecule has 0 fully saturated rings. The molecule has 0 saturated heterocycles. The SMILES string of the molecule is CCCCCCCCOc1ccc(OC(=O)c2ccc(C(=O)OCc3cc(=O)c(OC(=O)c4ccc(C(=O)Oc5ccc(OCCCCCCCC)cc5)cc4)co3)cc2)cc1. The van der Waals surface area contributed by atoms with Crippen molar-refractivity contribution in [3.63, 3.8) is 0 Å². The molecule has 0 bridgehead atoms. The molecule has 1 heterocycles. The zero-order valence-corrected chi connectivity index (χ0v) is 35.4. The van der Waals surface area contributed by atoms with Crippen LogP contribution in [-0.2, 0) is 11.3 Å². The van der Waals surface area contributed by atoms with Gasteiger partial charge in [0.1, 0.15) is 41.6 Å². The highest BCUT2D eigenvalue weighted by Crippen LogP contribution is 2.22. The Balaban J connectivity index is 1.01. The largest absolute Gasteiger partial charge is 0.494 e. The molecule has 1 aromatic heterocycles. The van der Waals surface area contributed by atoms with Crippen molar-refractivity contribution >= 4 is 23.9 Å². The van der Waals surface area contributed by atoms with E-state index in [0.29, 0.717) is 36.2 Å². The second kappa shape index (κ2) is 25.2. The molecule has 12 nitrogen and oxygen atoms in total. The Morgan fingerprint density at radius 2 is 0.823 bits per heavy atom. The number of carbonyl (C=O) groups is 4. The van der Waals surface area contributed by atoms with Gasteiger partial charge < -0.3 is 32.8 Å². The summed E-state index contributed by atoms with van der Waals surface area (Å²) in [6.07, 6.45) is 15.0. The van der Waals surface area contributed by atoms with Gasteiger partial charge in [0.25, 0.3) is 0 Å². The summed E-state index contributed by atoms with van der Waals surface area (Å²) >= 11 is 0. The molecule has 0 spiro atoms. The maximum absolute atomic E-state index is 12.8. The number of hydrogen-bond donors (Lipinski definition) is 0. The third-order valence-corrected chi connectivity index (χ3v) is 9.71. The van der Waals surface area contributed by atoms with Gasteiger partial charge >= 0.3 is 23.9 Å². The van der Waals surface area contributed by atoms with E-state index < -0.39 is 29.3 Å². The van der Waals surface area contributed by atoms with Gasteiger partial charge in [0.15, 0.2) is 0 Å². The van der Waals surface area contributed by atoms with Crippen LogP contribution in [0.5, 0.6) is 28.7 Å². The van der Waals surface area contributed by atoms with Crippen LogP contribution in [-0.4, -0.2) is 37.1 Å². The van der Waals surface area contributed by atoms with Gasteiger partial charge in [-0.2, -0.15) is 0 Å². The van der Waals surface area contributed by atoms with E-state index in [9.17, 15) is 24.0 Å².